The van der Waals surface area contributed by atoms with Gasteiger partial charge in [-0.3, -0.25) is 0 Å². The number of methoxy groups -OCH3 is 1. The van der Waals surface area contributed by atoms with Gasteiger partial charge in [-0.25, -0.2) is 4.39 Å². The Hall–Kier alpha value is -2.07. The highest BCUT2D eigenvalue weighted by atomic mass is 19.1. The van der Waals surface area contributed by atoms with Crippen molar-refractivity contribution in [2.75, 3.05) is 13.7 Å². The third-order valence-corrected chi connectivity index (χ3v) is 3.27. The van der Waals surface area contributed by atoms with E-state index in [0.717, 1.165) is 17.7 Å². The van der Waals surface area contributed by atoms with Crippen molar-refractivity contribution in [3.63, 3.8) is 0 Å². The van der Waals surface area contributed by atoms with Crippen LogP contribution < -0.4 is 15.2 Å². The number of rotatable bonds is 6. The van der Waals surface area contributed by atoms with Crippen LogP contribution in [0.5, 0.6) is 11.5 Å². The fourth-order valence-corrected chi connectivity index (χ4v) is 2.08. The molecule has 0 aromatic heterocycles. The Balaban J connectivity index is 1.96. The molecule has 0 saturated heterocycles. The molecule has 0 heterocycles. The van der Waals surface area contributed by atoms with Gasteiger partial charge in [0, 0.05) is 18.0 Å². The first-order valence-electron chi connectivity index (χ1n) is 6.91. The molecule has 0 radical (unpaired) electrons. The van der Waals surface area contributed by atoms with Crippen LogP contribution >= 0.6 is 0 Å². The van der Waals surface area contributed by atoms with Gasteiger partial charge in [0.2, 0.25) is 0 Å². The summed E-state index contributed by atoms with van der Waals surface area (Å²) >= 11 is 0. The smallest absolute Gasteiger partial charge is 0.124 e. The summed E-state index contributed by atoms with van der Waals surface area (Å²) in [5.41, 5.74) is 7.68. The fourth-order valence-electron chi connectivity index (χ4n) is 2.08. The number of nitrogens with two attached hydrogens (primary N) is 1. The van der Waals surface area contributed by atoms with Crippen LogP contribution in [0.25, 0.3) is 0 Å². The minimum Gasteiger partial charge on any atom is -0.497 e. The van der Waals surface area contributed by atoms with E-state index in [0.29, 0.717) is 17.9 Å². The monoisotopic (exact) mass is 289 g/mol. The van der Waals surface area contributed by atoms with E-state index in [4.69, 9.17) is 15.2 Å². The highest BCUT2D eigenvalue weighted by molar-refractivity contribution is 5.36. The summed E-state index contributed by atoms with van der Waals surface area (Å²) in [6, 6.07) is 12.0. The van der Waals surface area contributed by atoms with Crippen molar-refractivity contribution in [2.45, 2.75) is 19.4 Å². The zero-order valence-electron chi connectivity index (χ0n) is 12.3. The van der Waals surface area contributed by atoms with Crippen molar-refractivity contribution >= 4 is 0 Å². The van der Waals surface area contributed by atoms with E-state index in [-0.39, 0.29) is 11.9 Å². The second-order valence-corrected chi connectivity index (χ2v) is 4.92. The van der Waals surface area contributed by atoms with E-state index in [1.165, 1.54) is 12.1 Å². The molecular formula is C17H20FNO2. The Kier molecular flexibility index (Phi) is 5.17. The van der Waals surface area contributed by atoms with Crippen molar-refractivity contribution in [3.05, 3.63) is 59.4 Å². The molecule has 2 N–H and O–H groups in total. The lowest BCUT2D eigenvalue weighted by Gasteiger charge is -2.14. The largest absolute Gasteiger partial charge is 0.497 e. The van der Waals surface area contributed by atoms with Crippen LogP contribution in [-0.2, 0) is 6.42 Å². The highest BCUT2D eigenvalue weighted by Crippen LogP contribution is 2.25. The van der Waals surface area contributed by atoms with Crippen molar-refractivity contribution in [2.24, 2.45) is 5.73 Å². The molecule has 21 heavy (non-hydrogen) atoms. The van der Waals surface area contributed by atoms with E-state index in [1.807, 2.05) is 31.2 Å². The predicted molar refractivity (Wildman–Crippen MR) is 81.2 cm³/mol. The van der Waals surface area contributed by atoms with E-state index in [2.05, 4.69) is 0 Å². The Morgan fingerprint density at radius 3 is 2.48 bits per heavy atom. The van der Waals surface area contributed by atoms with Crippen LogP contribution in [-0.4, -0.2) is 13.7 Å². The van der Waals surface area contributed by atoms with Gasteiger partial charge >= 0.3 is 0 Å². The normalized spacial score (nSPS) is 12.0. The predicted octanol–water partition coefficient (Wildman–Crippen LogP) is 3.48. The quantitative estimate of drug-likeness (QED) is 0.885. The summed E-state index contributed by atoms with van der Waals surface area (Å²) in [4.78, 5) is 0. The van der Waals surface area contributed by atoms with Crippen LogP contribution in [0.2, 0.25) is 0 Å². The summed E-state index contributed by atoms with van der Waals surface area (Å²) in [7, 11) is 1.64. The van der Waals surface area contributed by atoms with Gasteiger partial charge in [0.25, 0.3) is 0 Å². The molecule has 0 bridgehead atoms. The van der Waals surface area contributed by atoms with Crippen LogP contribution in [0.15, 0.2) is 42.5 Å². The van der Waals surface area contributed by atoms with Crippen molar-refractivity contribution in [1.29, 1.82) is 0 Å². The Morgan fingerprint density at radius 2 is 1.86 bits per heavy atom. The first kappa shape index (κ1) is 15.3. The molecule has 2 aromatic rings. The van der Waals surface area contributed by atoms with Crippen molar-refractivity contribution < 1.29 is 13.9 Å². The van der Waals surface area contributed by atoms with E-state index < -0.39 is 0 Å². The first-order chi connectivity index (χ1) is 10.1. The third kappa shape index (κ3) is 4.20. The summed E-state index contributed by atoms with van der Waals surface area (Å²) in [5.74, 6) is 1.17. The maximum atomic E-state index is 13.2. The van der Waals surface area contributed by atoms with Gasteiger partial charge in [0.15, 0.2) is 0 Å². The van der Waals surface area contributed by atoms with Gasteiger partial charge in [0.1, 0.15) is 17.3 Å². The molecule has 1 atom stereocenters. The number of halogens is 1. The van der Waals surface area contributed by atoms with Gasteiger partial charge in [0.05, 0.1) is 13.7 Å². The summed E-state index contributed by atoms with van der Waals surface area (Å²) in [6.45, 7) is 2.32. The van der Waals surface area contributed by atoms with Crippen LogP contribution in [0.3, 0.4) is 0 Å². The molecular weight excluding hydrogens is 269 g/mol. The summed E-state index contributed by atoms with van der Waals surface area (Å²) in [6.07, 6.45) is 0.764. The van der Waals surface area contributed by atoms with E-state index in [9.17, 15) is 4.39 Å². The lowest BCUT2D eigenvalue weighted by molar-refractivity contribution is 0.316. The van der Waals surface area contributed by atoms with Crippen LogP contribution in [0.1, 0.15) is 24.1 Å². The molecule has 0 amide bonds. The van der Waals surface area contributed by atoms with E-state index in [1.54, 1.807) is 13.2 Å². The van der Waals surface area contributed by atoms with Gasteiger partial charge in [-0.15, -0.1) is 0 Å². The minimum atomic E-state index is -0.301. The Labute approximate surface area is 124 Å². The molecule has 112 valence electrons. The molecule has 0 saturated carbocycles. The molecule has 2 aromatic carbocycles. The maximum absolute atomic E-state index is 13.2. The molecule has 0 fully saturated rings. The van der Waals surface area contributed by atoms with Crippen molar-refractivity contribution in [1.82, 2.24) is 0 Å². The van der Waals surface area contributed by atoms with Crippen LogP contribution in [0.4, 0.5) is 4.39 Å². The minimum absolute atomic E-state index is 0.267. The van der Waals surface area contributed by atoms with Gasteiger partial charge in [-0.1, -0.05) is 12.1 Å². The van der Waals surface area contributed by atoms with E-state index >= 15 is 0 Å². The SMILES string of the molecule is COc1ccc(CCOc2ccc(F)cc2[C@H](C)N)cc1. The topological polar surface area (TPSA) is 44.5 Å². The second kappa shape index (κ2) is 7.09. The molecule has 4 heteroatoms. The standard InChI is InChI=1S/C17H20FNO2/c1-12(19)16-11-14(18)5-8-17(16)21-10-9-13-3-6-15(20-2)7-4-13/h3-8,11-12H,9-10,19H2,1-2H3/t12-/m0/s1. The van der Waals surface area contributed by atoms with Gasteiger partial charge in [-0.2, -0.15) is 0 Å². The number of hydrogen-bond acceptors (Lipinski definition) is 3. The first-order valence-corrected chi connectivity index (χ1v) is 6.91. The molecule has 0 unspecified atom stereocenters. The highest BCUT2D eigenvalue weighted by Gasteiger charge is 2.09. The Bertz CT molecular complexity index is 582. The molecule has 3 nitrogen and oxygen atoms in total. The molecule has 0 aliphatic rings. The summed E-state index contributed by atoms with van der Waals surface area (Å²) in [5, 5.41) is 0. The van der Waals surface area contributed by atoms with Crippen molar-refractivity contribution in [3.8, 4) is 11.5 Å². The zero-order chi connectivity index (χ0) is 15.2. The fraction of sp³-hybridized carbons (Fsp3) is 0.294. The number of benzene rings is 2. The molecule has 0 aliphatic heterocycles. The molecule has 2 rings (SSSR count). The molecule has 0 aliphatic carbocycles. The third-order valence-electron chi connectivity index (χ3n) is 3.27. The lowest BCUT2D eigenvalue weighted by Crippen LogP contribution is -2.10. The zero-order valence-corrected chi connectivity index (χ0v) is 12.3. The second-order valence-electron chi connectivity index (χ2n) is 4.92. The lowest BCUT2D eigenvalue weighted by atomic mass is 10.1. The number of hydrogen-bond donors (Lipinski definition) is 1. The average molecular weight is 289 g/mol. The molecule has 0 spiro atoms. The Morgan fingerprint density at radius 1 is 1.14 bits per heavy atom. The van der Waals surface area contributed by atoms with Gasteiger partial charge in [-0.05, 0) is 42.8 Å². The maximum Gasteiger partial charge on any atom is 0.124 e. The average Bonchev–Trinajstić information content (AvgIpc) is 2.49. The van der Waals surface area contributed by atoms with Crippen LogP contribution in [0, 0.1) is 5.82 Å². The summed E-state index contributed by atoms with van der Waals surface area (Å²) < 4.78 is 24.1. The number of ether oxygens (including phenoxy) is 2. The van der Waals surface area contributed by atoms with Gasteiger partial charge < -0.3 is 15.2 Å².